The third kappa shape index (κ3) is 3.67. The summed E-state index contributed by atoms with van der Waals surface area (Å²) in [6.45, 7) is 2.34. The number of thiophene rings is 1. The van der Waals surface area contributed by atoms with Crippen molar-refractivity contribution in [3.8, 4) is 0 Å². The Hall–Kier alpha value is -2.15. The lowest BCUT2D eigenvalue weighted by Crippen LogP contribution is -2.43. The minimum absolute atomic E-state index is 0.0323. The summed E-state index contributed by atoms with van der Waals surface area (Å²) in [5.74, 6) is 1.21. The molecule has 26 heavy (non-hydrogen) atoms. The van der Waals surface area contributed by atoms with Gasteiger partial charge in [0.15, 0.2) is 6.10 Å². The molecule has 0 aromatic carbocycles. The minimum atomic E-state index is -0.563. The summed E-state index contributed by atoms with van der Waals surface area (Å²) in [6.07, 6.45) is 7.06. The number of likely N-dealkylation sites (tertiary alicyclic amines) is 1. The second kappa shape index (κ2) is 7.61. The van der Waals surface area contributed by atoms with Crippen LogP contribution in [0, 0.1) is 0 Å². The van der Waals surface area contributed by atoms with Crippen molar-refractivity contribution in [3.05, 3.63) is 40.6 Å². The molecule has 1 atom stereocenters. The molecular weight excluding hydrogens is 350 g/mol. The molecule has 4 rings (SSSR count). The van der Waals surface area contributed by atoms with Crippen LogP contribution in [0.2, 0.25) is 0 Å². The molecule has 2 aromatic rings. The first-order chi connectivity index (χ1) is 12.7. The highest BCUT2D eigenvalue weighted by molar-refractivity contribution is 7.07. The van der Waals surface area contributed by atoms with Gasteiger partial charge >= 0.3 is 5.97 Å². The summed E-state index contributed by atoms with van der Waals surface area (Å²) < 4.78 is 7.36. The van der Waals surface area contributed by atoms with Crippen LogP contribution in [0.4, 0.5) is 0 Å². The van der Waals surface area contributed by atoms with Crippen LogP contribution in [-0.4, -0.2) is 45.5 Å². The predicted molar refractivity (Wildman–Crippen MR) is 97.9 cm³/mol. The Morgan fingerprint density at radius 1 is 1.31 bits per heavy atom. The standard InChI is InChI=1S/C19H23N3O3S/c23-17-2-1-16(25-17)19(24)22-9-4-15(5-10-22)18-20-7-11-21(18)8-3-14-6-12-26-13-14/h6-7,11-13,15-16H,1-5,8-10H2. The fraction of sp³-hybridized carbons (Fsp3) is 0.526. The predicted octanol–water partition coefficient (Wildman–Crippen LogP) is 2.60. The number of esters is 1. The topological polar surface area (TPSA) is 64.4 Å². The third-order valence-corrected chi connectivity index (χ3v) is 6.03. The van der Waals surface area contributed by atoms with E-state index in [9.17, 15) is 9.59 Å². The highest BCUT2D eigenvalue weighted by Crippen LogP contribution is 2.28. The summed E-state index contributed by atoms with van der Waals surface area (Å²) in [5.41, 5.74) is 1.36. The smallest absolute Gasteiger partial charge is 0.306 e. The van der Waals surface area contributed by atoms with Gasteiger partial charge in [-0.25, -0.2) is 4.98 Å². The summed E-state index contributed by atoms with van der Waals surface area (Å²) in [6, 6.07) is 2.17. The maximum Gasteiger partial charge on any atom is 0.306 e. The van der Waals surface area contributed by atoms with Crippen LogP contribution in [0.25, 0.3) is 0 Å². The third-order valence-electron chi connectivity index (χ3n) is 5.30. The number of cyclic esters (lactones) is 1. The number of rotatable bonds is 5. The molecular formula is C19H23N3O3S. The van der Waals surface area contributed by atoms with Crippen molar-refractivity contribution < 1.29 is 14.3 Å². The van der Waals surface area contributed by atoms with Gasteiger partial charge in [-0.3, -0.25) is 9.59 Å². The number of hydrogen-bond acceptors (Lipinski definition) is 5. The number of aromatic nitrogens is 2. The van der Waals surface area contributed by atoms with E-state index in [2.05, 4.69) is 32.6 Å². The van der Waals surface area contributed by atoms with E-state index in [4.69, 9.17) is 4.74 Å². The van der Waals surface area contributed by atoms with E-state index in [1.165, 1.54) is 5.56 Å². The number of imidazole rings is 1. The molecule has 2 aromatic heterocycles. The van der Waals surface area contributed by atoms with Crippen LogP contribution in [-0.2, 0) is 27.3 Å². The number of aryl methyl sites for hydroxylation is 2. The molecule has 138 valence electrons. The Balaban J connectivity index is 1.33. The van der Waals surface area contributed by atoms with Crippen LogP contribution in [0.15, 0.2) is 29.2 Å². The lowest BCUT2D eigenvalue weighted by atomic mass is 9.95. The zero-order chi connectivity index (χ0) is 17.9. The Morgan fingerprint density at radius 2 is 2.15 bits per heavy atom. The van der Waals surface area contributed by atoms with Gasteiger partial charge in [0.1, 0.15) is 5.82 Å². The second-order valence-electron chi connectivity index (χ2n) is 6.98. The molecule has 0 saturated carbocycles. The van der Waals surface area contributed by atoms with Gasteiger partial charge < -0.3 is 14.2 Å². The molecule has 0 aliphatic carbocycles. The van der Waals surface area contributed by atoms with Crippen LogP contribution in [0.3, 0.4) is 0 Å². The molecule has 7 heteroatoms. The lowest BCUT2D eigenvalue weighted by molar-refractivity contribution is -0.153. The number of ether oxygens (including phenoxy) is 1. The van der Waals surface area contributed by atoms with E-state index in [1.54, 1.807) is 11.3 Å². The Labute approximate surface area is 156 Å². The Kier molecular flexibility index (Phi) is 5.06. The molecule has 0 radical (unpaired) electrons. The van der Waals surface area contributed by atoms with Crippen LogP contribution in [0.1, 0.15) is 43.0 Å². The SMILES string of the molecule is O=C1CCC(C(=O)N2CCC(c3nccn3CCc3ccsc3)CC2)O1. The van der Waals surface area contributed by atoms with Crippen molar-refractivity contribution in [3.63, 3.8) is 0 Å². The molecule has 2 aliphatic heterocycles. The van der Waals surface area contributed by atoms with Gasteiger partial charge in [0.05, 0.1) is 0 Å². The fourth-order valence-electron chi connectivity index (χ4n) is 3.82. The lowest BCUT2D eigenvalue weighted by Gasteiger charge is -2.33. The van der Waals surface area contributed by atoms with E-state index >= 15 is 0 Å². The number of carbonyl (C=O) groups is 2. The largest absolute Gasteiger partial charge is 0.452 e. The van der Waals surface area contributed by atoms with Gasteiger partial charge in [0, 0.05) is 50.8 Å². The fourth-order valence-corrected chi connectivity index (χ4v) is 4.52. The number of amides is 1. The van der Waals surface area contributed by atoms with Crippen molar-refractivity contribution in [2.45, 2.75) is 50.7 Å². The highest BCUT2D eigenvalue weighted by Gasteiger charge is 2.35. The van der Waals surface area contributed by atoms with E-state index in [1.807, 2.05) is 11.1 Å². The zero-order valence-electron chi connectivity index (χ0n) is 14.7. The van der Waals surface area contributed by atoms with Crippen molar-refractivity contribution in [2.24, 2.45) is 0 Å². The molecule has 6 nitrogen and oxygen atoms in total. The van der Waals surface area contributed by atoms with Crippen LogP contribution < -0.4 is 0 Å². The van der Waals surface area contributed by atoms with Crippen LogP contribution >= 0.6 is 11.3 Å². The molecule has 1 unspecified atom stereocenters. The molecule has 0 spiro atoms. The van der Waals surface area contributed by atoms with Crippen molar-refractivity contribution in [2.75, 3.05) is 13.1 Å². The highest BCUT2D eigenvalue weighted by atomic mass is 32.1. The van der Waals surface area contributed by atoms with Gasteiger partial charge in [-0.15, -0.1) is 0 Å². The summed E-state index contributed by atoms with van der Waals surface area (Å²) in [7, 11) is 0. The van der Waals surface area contributed by atoms with E-state index in [0.717, 1.165) is 31.6 Å². The van der Waals surface area contributed by atoms with Crippen molar-refractivity contribution >= 4 is 23.2 Å². The average Bonchev–Trinajstić information content (AvgIpc) is 3.41. The molecule has 4 heterocycles. The van der Waals surface area contributed by atoms with Gasteiger partial charge in [-0.05, 0) is 41.7 Å². The quantitative estimate of drug-likeness (QED) is 0.756. The Morgan fingerprint density at radius 3 is 2.85 bits per heavy atom. The number of nitrogens with zero attached hydrogens (tertiary/aromatic N) is 3. The number of piperidine rings is 1. The first-order valence-electron chi connectivity index (χ1n) is 9.21. The molecule has 2 saturated heterocycles. The number of hydrogen-bond donors (Lipinski definition) is 0. The molecule has 2 fully saturated rings. The van der Waals surface area contributed by atoms with E-state index in [-0.39, 0.29) is 11.9 Å². The van der Waals surface area contributed by atoms with E-state index in [0.29, 0.717) is 31.8 Å². The molecule has 2 aliphatic rings. The molecule has 1 amide bonds. The second-order valence-corrected chi connectivity index (χ2v) is 7.76. The maximum atomic E-state index is 12.5. The average molecular weight is 373 g/mol. The number of carbonyl (C=O) groups excluding carboxylic acids is 2. The summed E-state index contributed by atoms with van der Waals surface area (Å²) in [4.78, 5) is 30.1. The van der Waals surface area contributed by atoms with Gasteiger partial charge in [-0.2, -0.15) is 11.3 Å². The zero-order valence-corrected chi connectivity index (χ0v) is 15.5. The van der Waals surface area contributed by atoms with Gasteiger partial charge in [0.25, 0.3) is 5.91 Å². The normalized spacial score (nSPS) is 21.2. The molecule has 0 N–H and O–H groups in total. The first kappa shape index (κ1) is 17.3. The monoisotopic (exact) mass is 373 g/mol. The molecule has 0 bridgehead atoms. The van der Waals surface area contributed by atoms with Crippen molar-refractivity contribution in [1.82, 2.24) is 14.5 Å². The van der Waals surface area contributed by atoms with E-state index < -0.39 is 6.10 Å². The Bertz CT molecular complexity index is 763. The first-order valence-corrected chi connectivity index (χ1v) is 10.2. The van der Waals surface area contributed by atoms with Gasteiger partial charge in [0.2, 0.25) is 0 Å². The summed E-state index contributed by atoms with van der Waals surface area (Å²) in [5, 5.41) is 4.30. The summed E-state index contributed by atoms with van der Waals surface area (Å²) >= 11 is 1.73. The maximum absolute atomic E-state index is 12.5. The van der Waals surface area contributed by atoms with Crippen LogP contribution in [0.5, 0.6) is 0 Å². The van der Waals surface area contributed by atoms with Crippen molar-refractivity contribution in [1.29, 1.82) is 0 Å². The van der Waals surface area contributed by atoms with Gasteiger partial charge in [-0.1, -0.05) is 0 Å². The minimum Gasteiger partial charge on any atom is -0.452 e.